The average molecular weight is 365 g/mol. The highest BCUT2D eigenvalue weighted by Crippen LogP contribution is 2.39. The molecule has 3 aliphatic rings. The normalized spacial score (nSPS) is 31.7. The number of ether oxygens (including phenoxy) is 1. The molecular formula is C17H23N3O4S. The lowest BCUT2D eigenvalue weighted by Gasteiger charge is -2.48. The number of hydrogen-bond donors (Lipinski definition) is 2. The maximum Gasteiger partial charge on any atom is 0.280 e. The third-order valence-electron chi connectivity index (χ3n) is 5.48. The molecule has 1 aromatic carbocycles. The predicted molar refractivity (Wildman–Crippen MR) is 91.9 cm³/mol. The molecule has 0 radical (unpaired) electrons. The zero-order chi connectivity index (χ0) is 17.6. The second-order valence-corrected chi connectivity index (χ2v) is 8.72. The molecular weight excluding hydrogens is 342 g/mol. The zero-order valence-corrected chi connectivity index (χ0v) is 15.0. The summed E-state index contributed by atoms with van der Waals surface area (Å²) in [5.74, 6) is -0.0428. The SMILES string of the molecule is CC(=O)N[C@@H]1[C@@H](NS(=O)(=O)N2CCc3ccccc3C2)[C@H]2CCO[C@H]21. The van der Waals surface area contributed by atoms with Crippen LogP contribution in [0.5, 0.6) is 0 Å². The van der Waals surface area contributed by atoms with Crippen LogP contribution in [0.3, 0.4) is 0 Å². The van der Waals surface area contributed by atoms with Gasteiger partial charge in [0.2, 0.25) is 5.91 Å². The lowest BCUT2D eigenvalue weighted by molar-refractivity contribution is -0.123. The zero-order valence-electron chi connectivity index (χ0n) is 14.1. The van der Waals surface area contributed by atoms with Crippen LogP contribution >= 0.6 is 0 Å². The van der Waals surface area contributed by atoms with Crippen molar-refractivity contribution in [2.75, 3.05) is 13.2 Å². The van der Waals surface area contributed by atoms with Gasteiger partial charge in [0, 0.05) is 32.5 Å². The summed E-state index contributed by atoms with van der Waals surface area (Å²) in [7, 11) is -3.62. The number of carbonyl (C=O) groups is 1. The quantitative estimate of drug-likeness (QED) is 0.796. The summed E-state index contributed by atoms with van der Waals surface area (Å²) in [4.78, 5) is 11.4. The number of nitrogens with zero attached hydrogens (tertiary/aromatic N) is 1. The van der Waals surface area contributed by atoms with Crippen LogP contribution in [0.4, 0.5) is 0 Å². The fourth-order valence-corrected chi connectivity index (χ4v) is 5.65. The molecule has 2 N–H and O–H groups in total. The number of rotatable bonds is 4. The van der Waals surface area contributed by atoms with Gasteiger partial charge >= 0.3 is 0 Å². The van der Waals surface area contributed by atoms with E-state index >= 15 is 0 Å². The molecule has 1 aliphatic carbocycles. The van der Waals surface area contributed by atoms with Crippen molar-refractivity contribution in [3.8, 4) is 0 Å². The van der Waals surface area contributed by atoms with Crippen LogP contribution in [0.1, 0.15) is 24.5 Å². The maximum absolute atomic E-state index is 12.9. The van der Waals surface area contributed by atoms with Crippen LogP contribution in [0.15, 0.2) is 24.3 Å². The van der Waals surface area contributed by atoms with E-state index < -0.39 is 10.2 Å². The number of carbonyl (C=O) groups excluding carboxylic acids is 1. The summed E-state index contributed by atoms with van der Waals surface area (Å²) in [6, 6.07) is 7.33. The van der Waals surface area contributed by atoms with Gasteiger partial charge in [0.05, 0.1) is 18.2 Å². The fourth-order valence-electron chi connectivity index (χ4n) is 4.20. The van der Waals surface area contributed by atoms with E-state index in [1.54, 1.807) is 0 Å². The standard InChI is InChI=1S/C17H23N3O4S/c1-11(21)18-16-15(14-7-9-24-17(14)16)19-25(22,23)20-8-6-12-4-2-3-5-13(12)10-20/h2-5,14-17,19H,6-10H2,1H3,(H,18,21)/t14-,15+,16-,17-/m1/s1. The third kappa shape index (κ3) is 3.08. The summed E-state index contributed by atoms with van der Waals surface area (Å²) in [5, 5.41) is 2.83. The minimum absolute atomic E-state index is 0.0846. The van der Waals surface area contributed by atoms with Gasteiger partial charge < -0.3 is 10.1 Å². The molecule has 4 atom stereocenters. The summed E-state index contributed by atoms with van der Waals surface area (Å²) in [6.07, 6.45) is 1.45. The first-order chi connectivity index (χ1) is 12.0. The van der Waals surface area contributed by atoms with Crippen molar-refractivity contribution in [2.24, 2.45) is 5.92 Å². The van der Waals surface area contributed by atoms with E-state index in [9.17, 15) is 13.2 Å². The van der Waals surface area contributed by atoms with Crippen LogP contribution in [0.25, 0.3) is 0 Å². The van der Waals surface area contributed by atoms with Crippen molar-refractivity contribution in [2.45, 2.75) is 44.5 Å². The maximum atomic E-state index is 12.9. The Labute approximate surface area is 147 Å². The molecule has 1 saturated heterocycles. The third-order valence-corrected chi connectivity index (χ3v) is 7.04. The van der Waals surface area contributed by atoms with Crippen LogP contribution in [-0.2, 0) is 32.7 Å². The molecule has 0 bridgehead atoms. The topological polar surface area (TPSA) is 87.7 Å². The van der Waals surface area contributed by atoms with Crippen LogP contribution in [0, 0.1) is 5.92 Å². The number of amides is 1. The number of nitrogens with one attached hydrogen (secondary N) is 2. The minimum Gasteiger partial charge on any atom is -0.376 e. The Morgan fingerprint density at radius 3 is 2.76 bits per heavy atom. The molecule has 0 spiro atoms. The Bertz CT molecular complexity index is 782. The molecule has 8 heteroatoms. The van der Waals surface area contributed by atoms with Gasteiger partial charge in [-0.05, 0) is 24.0 Å². The number of benzene rings is 1. The monoisotopic (exact) mass is 365 g/mol. The molecule has 2 fully saturated rings. The van der Waals surface area contributed by atoms with Crippen molar-refractivity contribution in [1.82, 2.24) is 14.3 Å². The molecule has 1 saturated carbocycles. The lowest BCUT2D eigenvalue weighted by Crippen LogP contribution is -2.71. The van der Waals surface area contributed by atoms with Gasteiger partial charge in [0.25, 0.3) is 10.2 Å². The van der Waals surface area contributed by atoms with E-state index in [0.29, 0.717) is 26.1 Å². The highest BCUT2D eigenvalue weighted by Gasteiger charge is 2.55. The van der Waals surface area contributed by atoms with Crippen LogP contribution in [-0.4, -0.2) is 50.0 Å². The predicted octanol–water partition coefficient (Wildman–Crippen LogP) is 0.171. The highest BCUT2D eigenvalue weighted by molar-refractivity contribution is 7.87. The number of hydrogen-bond acceptors (Lipinski definition) is 4. The Morgan fingerprint density at radius 1 is 1.24 bits per heavy atom. The second-order valence-electron chi connectivity index (χ2n) is 7.02. The van der Waals surface area contributed by atoms with E-state index in [0.717, 1.165) is 12.0 Å². The largest absolute Gasteiger partial charge is 0.376 e. The molecule has 1 aromatic rings. The summed E-state index contributed by atoms with van der Waals surface area (Å²) >= 11 is 0. The second kappa shape index (κ2) is 6.35. The number of fused-ring (bicyclic) bond motifs is 2. The van der Waals surface area contributed by atoms with Gasteiger partial charge in [0.1, 0.15) is 0 Å². The van der Waals surface area contributed by atoms with Gasteiger partial charge in [-0.25, -0.2) is 0 Å². The summed E-state index contributed by atoms with van der Waals surface area (Å²) in [5.41, 5.74) is 2.26. The first-order valence-corrected chi connectivity index (χ1v) is 10.1. The van der Waals surface area contributed by atoms with Crippen LogP contribution < -0.4 is 10.0 Å². The molecule has 0 aromatic heterocycles. The van der Waals surface area contributed by atoms with Crippen molar-refractivity contribution in [1.29, 1.82) is 0 Å². The molecule has 0 unspecified atom stereocenters. The van der Waals surface area contributed by atoms with Crippen molar-refractivity contribution < 1.29 is 17.9 Å². The Balaban J connectivity index is 1.48. The fraction of sp³-hybridized carbons (Fsp3) is 0.588. The van der Waals surface area contributed by atoms with Gasteiger partial charge in [-0.1, -0.05) is 24.3 Å². The Morgan fingerprint density at radius 2 is 2.00 bits per heavy atom. The van der Waals surface area contributed by atoms with Crippen molar-refractivity contribution in [3.05, 3.63) is 35.4 Å². The smallest absolute Gasteiger partial charge is 0.280 e. The minimum atomic E-state index is -3.62. The Kier molecular flexibility index (Phi) is 4.31. The van der Waals surface area contributed by atoms with E-state index in [1.807, 2.05) is 24.3 Å². The van der Waals surface area contributed by atoms with Crippen molar-refractivity contribution in [3.63, 3.8) is 0 Å². The molecule has 25 heavy (non-hydrogen) atoms. The average Bonchev–Trinajstić information content (AvgIpc) is 3.02. The van der Waals surface area contributed by atoms with E-state index in [2.05, 4.69) is 10.0 Å². The van der Waals surface area contributed by atoms with E-state index in [1.165, 1.54) is 16.8 Å². The molecule has 2 aliphatic heterocycles. The Hall–Kier alpha value is -1.48. The van der Waals surface area contributed by atoms with E-state index in [-0.39, 0.29) is 30.0 Å². The first-order valence-electron chi connectivity index (χ1n) is 8.68. The molecule has 1 amide bonds. The van der Waals surface area contributed by atoms with Crippen LogP contribution in [0.2, 0.25) is 0 Å². The molecule has 7 nitrogen and oxygen atoms in total. The molecule has 4 rings (SSSR count). The van der Waals surface area contributed by atoms with E-state index in [4.69, 9.17) is 4.74 Å². The highest BCUT2D eigenvalue weighted by atomic mass is 32.2. The lowest BCUT2D eigenvalue weighted by atomic mass is 9.72. The summed E-state index contributed by atoms with van der Waals surface area (Å²) in [6.45, 7) is 2.90. The molecule has 2 heterocycles. The summed E-state index contributed by atoms with van der Waals surface area (Å²) < 4.78 is 35.7. The van der Waals surface area contributed by atoms with Gasteiger partial charge in [-0.3, -0.25) is 4.79 Å². The first kappa shape index (κ1) is 17.0. The molecule has 136 valence electrons. The van der Waals surface area contributed by atoms with Gasteiger partial charge in [-0.15, -0.1) is 0 Å². The van der Waals surface area contributed by atoms with Gasteiger partial charge in [0.15, 0.2) is 0 Å². The van der Waals surface area contributed by atoms with Crippen molar-refractivity contribution >= 4 is 16.1 Å². The van der Waals surface area contributed by atoms with Gasteiger partial charge in [-0.2, -0.15) is 17.4 Å².